The minimum atomic E-state index is -3.67. The van der Waals surface area contributed by atoms with Gasteiger partial charge in [-0.3, -0.25) is 4.79 Å². The van der Waals surface area contributed by atoms with Crippen LogP contribution in [0.5, 0.6) is 11.5 Å². The summed E-state index contributed by atoms with van der Waals surface area (Å²) in [5.41, 5.74) is 1.64. The molecule has 3 aromatic rings. The first-order chi connectivity index (χ1) is 14.8. The summed E-state index contributed by atoms with van der Waals surface area (Å²) in [6, 6.07) is 18.4. The van der Waals surface area contributed by atoms with Gasteiger partial charge in [-0.05, 0) is 42.0 Å². The maximum Gasteiger partial charge on any atom is 0.255 e. The van der Waals surface area contributed by atoms with Crippen molar-refractivity contribution in [3.8, 4) is 11.5 Å². The molecule has 31 heavy (non-hydrogen) atoms. The molecule has 0 saturated carbocycles. The van der Waals surface area contributed by atoms with Crippen LogP contribution in [-0.4, -0.2) is 32.5 Å². The van der Waals surface area contributed by atoms with E-state index in [1.54, 1.807) is 6.07 Å². The van der Waals surface area contributed by atoms with Crippen LogP contribution in [-0.2, 0) is 16.6 Å². The average molecular weight is 459 g/mol. The molecule has 9 heteroatoms. The van der Waals surface area contributed by atoms with Gasteiger partial charge in [0, 0.05) is 24.8 Å². The summed E-state index contributed by atoms with van der Waals surface area (Å²) in [5.74, 6) is 0.407. The number of amides is 1. The van der Waals surface area contributed by atoms with Crippen LogP contribution < -0.4 is 14.8 Å². The Morgan fingerprint density at radius 2 is 1.77 bits per heavy atom. The summed E-state index contributed by atoms with van der Waals surface area (Å²) in [7, 11) is -2.15. The quantitative estimate of drug-likeness (QED) is 0.600. The lowest BCUT2D eigenvalue weighted by Gasteiger charge is -2.17. The van der Waals surface area contributed by atoms with Gasteiger partial charge in [0.25, 0.3) is 5.91 Å². The number of anilines is 1. The third-order valence-corrected chi connectivity index (χ3v) is 6.86. The van der Waals surface area contributed by atoms with E-state index in [0.29, 0.717) is 22.7 Å². The summed E-state index contributed by atoms with van der Waals surface area (Å²) in [4.78, 5) is 12.7. The van der Waals surface area contributed by atoms with E-state index in [4.69, 9.17) is 21.1 Å². The van der Waals surface area contributed by atoms with Crippen LogP contribution in [0.4, 0.5) is 5.69 Å². The van der Waals surface area contributed by atoms with E-state index in [1.165, 1.54) is 41.7 Å². The van der Waals surface area contributed by atoms with Gasteiger partial charge in [0.15, 0.2) is 11.5 Å². The van der Waals surface area contributed by atoms with Gasteiger partial charge >= 0.3 is 0 Å². The van der Waals surface area contributed by atoms with Crippen LogP contribution in [0.25, 0.3) is 0 Å². The first-order valence-corrected chi connectivity index (χ1v) is 11.2. The Labute approximate surface area is 185 Å². The number of carbonyl (C=O) groups is 1. The minimum absolute atomic E-state index is 0.0504. The van der Waals surface area contributed by atoms with Gasteiger partial charge in [-0.2, -0.15) is 4.31 Å². The maximum atomic E-state index is 12.8. The third-order valence-electron chi connectivity index (χ3n) is 4.76. The van der Waals surface area contributed by atoms with E-state index < -0.39 is 15.9 Å². The number of carbonyl (C=O) groups excluding carboxylic acids is 1. The highest BCUT2D eigenvalue weighted by molar-refractivity contribution is 7.89. The Morgan fingerprint density at radius 3 is 2.48 bits per heavy atom. The van der Waals surface area contributed by atoms with Crippen LogP contribution in [0, 0.1) is 0 Å². The molecule has 0 saturated heterocycles. The van der Waals surface area contributed by atoms with E-state index in [-0.39, 0.29) is 23.3 Å². The average Bonchev–Trinajstić information content (AvgIpc) is 3.24. The summed E-state index contributed by atoms with van der Waals surface area (Å²) in [6.45, 7) is 0.307. The summed E-state index contributed by atoms with van der Waals surface area (Å²) in [5, 5.41) is 3.00. The highest BCUT2D eigenvalue weighted by Gasteiger charge is 2.22. The number of nitrogens with one attached hydrogen (secondary N) is 1. The van der Waals surface area contributed by atoms with Crippen molar-refractivity contribution in [2.45, 2.75) is 11.4 Å². The zero-order chi connectivity index (χ0) is 22.0. The molecule has 0 unspecified atom stereocenters. The van der Waals surface area contributed by atoms with Crippen LogP contribution >= 0.6 is 11.6 Å². The lowest BCUT2D eigenvalue weighted by molar-refractivity contribution is 0.102. The second kappa shape index (κ2) is 8.58. The number of nitrogens with zero attached hydrogens (tertiary/aromatic N) is 1. The largest absolute Gasteiger partial charge is 0.454 e. The van der Waals surface area contributed by atoms with Crippen molar-refractivity contribution in [3.63, 3.8) is 0 Å². The van der Waals surface area contributed by atoms with Gasteiger partial charge in [0.1, 0.15) is 0 Å². The molecule has 0 bridgehead atoms. The molecule has 1 amide bonds. The number of sulfonamides is 1. The van der Waals surface area contributed by atoms with Crippen molar-refractivity contribution in [1.82, 2.24) is 4.31 Å². The fourth-order valence-electron chi connectivity index (χ4n) is 3.12. The van der Waals surface area contributed by atoms with Crippen molar-refractivity contribution >= 4 is 33.2 Å². The Hall–Kier alpha value is -3.07. The number of ether oxygens (including phenoxy) is 2. The van der Waals surface area contributed by atoms with Gasteiger partial charge in [-0.25, -0.2) is 8.42 Å². The normalized spacial score (nSPS) is 12.7. The lowest BCUT2D eigenvalue weighted by atomic mass is 10.2. The van der Waals surface area contributed by atoms with Crippen molar-refractivity contribution in [1.29, 1.82) is 0 Å². The number of fused-ring (bicyclic) bond motifs is 1. The first kappa shape index (κ1) is 21.2. The van der Waals surface area contributed by atoms with Gasteiger partial charge in [0.05, 0.1) is 9.92 Å². The molecule has 160 valence electrons. The molecule has 0 aliphatic carbocycles. The van der Waals surface area contributed by atoms with Crippen LogP contribution in [0.15, 0.2) is 71.6 Å². The molecule has 0 fully saturated rings. The zero-order valence-electron chi connectivity index (χ0n) is 16.5. The second-order valence-electron chi connectivity index (χ2n) is 6.92. The highest BCUT2D eigenvalue weighted by Crippen LogP contribution is 2.39. The smallest absolute Gasteiger partial charge is 0.255 e. The first-order valence-electron chi connectivity index (χ1n) is 9.35. The molecular formula is C22H19ClN2O5S. The predicted octanol–water partition coefficient (Wildman–Crippen LogP) is 4.14. The Kier molecular flexibility index (Phi) is 5.86. The molecule has 1 aliphatic heterocycles. The highest BCUT2D eigenvalue weighted by atomic mass is 35.5. The summed E-state index contributed by atoms with van der Waals surface area (Å²) in [6.07, 6.45) is 0. The number of hydrogen-bond donors (Lipinski definition) is 1. The topological polar surface area (TPSA) is 84.9 Å². The lowest BCUT2D eigenvalue weighted by Crippen LogP contribution is -2.26. The Morgan fingerprint density at radius 1 is 1.06 bits per heavy atom. The Balaban J connectivity index is 1.46. The van der Waals surface area contributed by atoms with Crippen molar-refractivity contribution in [3.05, 3.63) is 82.9 Å². The Bertz CT molecular complexity index is 1210. The fraction of sp³-hybridized carbons (Fsp3) is 0.136. The maximum absolute atomic E-state index is 12.8. The summed E-state index contributed by atoms with van der Waals surface area (Å²) < 4.78 is 37.5. The van der Waals surface area contributed by atoms with E-state index in [9.17, 15) is 13.2 Å². The van der Waals surface area contributed by atoms with Gasteiger partial charge in [0.2, 0.25) is 16.8 Å². The molecular weight excluding hydrogens is 440 g/mol. The van der Waals surface area contributed by atoms with E-state index in [2.05, 4.69) is 5.32 Å². The molecule has 1 N–H and O–H groups in total. The van der Waals surface area contributed by atoms with Crippen LogP contribution in [0.3, 0.4) is 0 Å². The van der Waals surface area contributed by atoms with E-state index in [0.717, 1.165) is 5.56 Å². The minimum Gasteiger partial charge on any atom is -0.454 e. The molecule has 0 spiro atoms. The molecule has 7 nitrogen and oxygen atoms in total. The van der Waals surface area contributed by atoms with Gasteiger partial charge in [-0.1, -0.05) is 41.9 Å². The van der Waals surface area contributed by atoms with E-state index >= 15 is 0 Å². The number of rotatable bonds is 6. The number of benzene rings is 3. The van der Waals surface area contributed by atoms with E-state index in [1.807, 2.05) is 30.3 Å². The summed E-state index contributed by atoms with van der Waals surface area (Å²) >= 11 is 6.12. The zero-order valence-corrected chi connectivity index (χ0v) is 18.1. The molecule has 0 aromatic heterocycles. The number of hydrogen-bond acceptors (Lipinski definition) is 5. The van der Waals surface area contributed by atoms with Crippen LogP contribution in [0.1, 0.15) is 15.9 Å². The molecule has 4 rings (SSSR count). The van der Waals surface area contributed by atoms with Gasteiger partial charge in [-0.15, -0.1) is 0 Å². The van der Waals surface area contributed by atoms with Crippen molar-refractivity contribution in [2.24, 2.45) is 0 Å². The van der Waals surface area contributed by atoms with Crippen molar-refractivity contribution in [2.75, 3.05) is 19.2 Å². The predicted molar refractivity (Wildman–Crippen MR) is 117 cm³/mol. The SMILES string of the molecule is CN(Cc1ccccc1)S(=O)(=O)c1ccc(NC(=O)c2cc(Cl)c3c(c2)OCO3)cc1. The van der Waals surface area contributed by atoms with Gasteiger partial charge < -0.3 is 14.8 Å². The molecule has 1 aliphatic rings. The molecule has 3 aromatic carbocycles. The second-order valence-corrected chi connectivity index (χ2v) is 9.37. The number of halogens is 1. The fourth-order valence-corrected chi connectivity index (χ4v) is 4.54. The molecule has 0 radical (unpaired) electrons. The molecule has 1 heterocycles. The van der Waals surface area contributed by atoms with Crippen LogP contribution in [0.2, 0.25) is 5.02 Å². The monoisotopic (exact) mass is 458 g/mol. The standard InChI is InChI=1S/C22H19ClN2O5S/c1-25(13-15-5-3-2-4-6-15)31(27,28)18-9-7-17(8-10-18)24-22(26)16-11-19(23)21-20(12-16)29-14-30-21/h2-12H,13-14H2,1H3,(H,24,26). The third kappa shape index (κ3) is 4.51. The van der Waals surface area contributed by atoms with Crippen molar-refractivity contribution < 1.29 is 22.7 Å². The molecule has 0 atom stereocenters.